The summed E-state index contributed by atoms with van der Waals surface area (Å²) in [6.07, 6.45) is 0. The van der Waals surface area contributed by atoms with Gasteiger partial charge in [0.25, 0.3) is 15.9 Å². The first-order chi connectivity index (χ1) is 18.2. The van der Waals surface area contributed by atoms with Gasteiger partial charge >= 0.3 is 0 Å². The fraction of sp³-hybridized carbons (Fsp3) is 0.207. The molecule has 0 saturated carbocycles. The molecule has 0 atom stereocenters. The van der Waals surface area contributed by atoms with Crippen LogP contribution < -0.4 is 20.9 Å². The second-order valence-corrected chi connectivity index (χ2v) is 11.6. The fourth-order valence-corrected chi connectivity index (χ4v) is 5.10. The van der Waals surface area contributed by atoms with Crippen molar-refractivity contribution in [2.24, 2.45) is 5.73 Å². The van der Waals surface area contributed by atoms with Crippen molar-refractivity contribution in [3.8, 4) is 22.9 Å². The van der Waals surface area contributed by atoms with Gasteiger partial charge in [0.1, 0.15) is 17.1 Å². The molecule has 0 fully saturated rings. The van der Waals surface area contributed by atoms with Gasteiger partial charge in [0, 0.05) is 11.1 Å². The summed E-state index contributed by atoms with van der Waals surface area (Å²) in [4.78, 5) is 21.7. The van der Waals surface area contributed by atoms with E-state index in [0.717, 1.165) is 27.8 Å². The highest BCUT2D eigenvalue weighted by Gasteiger charge is 2.25. The lowest BCUT2D eigenvalue weighted by Gasteiger charge is -2.19. The maximum Gasteiger partial charge on any atom is 0.281 e. The molecule has 202 valence electrons. The van der Waals surface area contributed by atoms with Gasteiger partial charge in [-0.2, -0.15) is 8.42 Å². The van der Waals surface area contributed by atoms with Crippen LogP contribution in [0.1, 0.15) is 46.5 Å². The number of sulfonamides is 1. The van der Waals surface area contributed by atoms with Gasteiger partial charge in [-0.05, 0) is 75.6 Å². The van der Waals surface area contributed by atoms with Gasteiger partial charge in [-0.25, -0.2) is 14.7 Å². The van der Waals surface area contributed by atoms with Gasteiger partial charge in [0.2, 0.25) is 5.88 Å². The van der Waals surface area contributed by atoms with Crippen LogP contribution in [-0.2, 0) is 15.6 Å². The summed E-state index contributed by atoms with van der Waals surface area (Å²) in [5, 5.41) is -0.379. The van der Waals surface area contributed by atoms with Crippen LogP contribution in [0.5, 0.6) is 11.6 Å². The zero-order valence-electron chi connectivity index (χ0n) is 22.4. The van der Waals surface area contributed by atoms with Crippen molar-refractivity contribution in [1.82, 2.24) is 14.7 Å². The number of rotatable bonds is 7. The topological polar surface area (TPSA) is 150 Å². The van der Waals surface area contributed by atoms with Gasteiger partial charge in [-0.1, -0.05) is 48.0 Å². The van der Waals surface area contributed by atoms with Crippen LogP contribution in [0.4, 0.5) is 5.82 Å². The number of pyridine rings is 2. The molecule has 0 aliphatic rings. The van der Waals surface area contributed by atoms with E-state index in [2.05, 4.69) is 9.97 Å². The zero-order chi connectivity index (χ0) is 28.5. The summed E-state index contributed by atoms with van der Waals surface area (Å²) >= 11 is 0. The van der Waals surface area contributed by atoms with Crippen LogP contribution in [0.3, 0.4) is 0 Å². The van der Waals surface area contributed by atoms with E-state index in [9.17, 15) is 13.2 Å². The molecule has 2 aromatic heterocycles. The van der Waals surface area contributed by atoms with Crippen molar-refractivity contribution >= 4 is 21.7 Å². The SMILES string of the molecule is Cc1cc(C)c(Oc2nc(-c3ccc(C(C)(C)N)cc3)ccc2C(=O)NS(=O)(=O)c2cccc(N)n2)c(C)c1. The van der Waals surface area contributed by atoms with Crippen molar-refractivity contribution < 1.29 is 17.9 Å². The van der Waals surface area contributed by atoms with Gasteiger partial charge < -0.3 is 16.2 Å². The van der Waals surface area contributed by atoms with Crippen molar-refractivity contribution in [3.63, 3.8) is 0 Å². The molecule has 0 bridgehead atoms. The standard InChI is InChI=1S/C29H31N5O4S/c1-17-15-18(2)26(19(3)16-17)38-28-22(27(35)34-39(36,37)25-8-6-7-24(30)33-25)13-14-23(32-28)20-9-11-21(12-10-20)29(4,5)31/h6-16H,31H2,1-5H3,(H2,30,33)(H,34,35). The Hall–Kier alpha value is -4.28. The Kier molecular flexibility index (Phi) is 7.45. The lowest BCUT2D eigenvalue weighted by atomic mass is 9.94. The Morgan fingerprint density at radius 2 is 1.56 bits per heavy atom. The van der Waals surface area contributed by atoms with Crippen LogP contribution in [0.15, 0.2) is 71.8 Å². The van der Waals surface area contributed by atoms with Gasteiger partial charge in [0.05, 0.1) is 5.69 Å². The Balaban J connectivity index is 1.77. The minimum atomic E-state index is -4.31. The maximum atomic E-state index is 13.3. The monoisotopic (exact) mass is 545 g/mol. The Morgan fingerprint density at radius 1 is 0.923 bits per heavy atom. The van der Waals surface area contributed by atoms with Crippen LogP contribution in [-0.4, -0.2) is 24.3 Å². The molecule has 0 unspecified atom stereocenters. The number of nitrogens with one attached hydrogen (secondary N) is 1. The number of ether oxygens (including phenoxy) is 1. The number of nitrogen functional groups attached to an aromatic ring is 1. The second kappa shape index (κ2) is 10.5. The molecule has 1 amide bonds. The van der Waals surface area contributed by atoms with Crippen molar-refractivity contribution in [2.75, 3.05) is 5.73 Å². The molecule has 0 spiro atoms. The number of hydrogen-bond acceptors (Lipinski definition) is 8. The predicted molar refractivity (Wildman–Crippen MR) is 151 cm³/mol. The summed E-state index contributed by atoms with van der Waals surface area (Å²) in [6.45, 7) is 9.59. The molecule has 2 aromatic carbocycles. The molecule has 10 heteroatoms. The van der Waals surface area contributed by atoms with Crippen molar-refractivity contribution in [3.05, 3.63) is 94.5 Å². The van der Waals surface area contributed by atoms with E-state index < -0.39 is 21.5 Å². The molecule has 2 heterocycles. The third-order valence-corrected chi connectivity index (χ3v) is 7.31. The fourth-order valence-electron chi connectivity index (χ4n) is 4.16. The van der Waals surface area contributed by atoms with E-state index in [-0.39, 0.29) is 22.3 Å². The molecule has 0 aliphatic carbocycles. The summed E-state index contributed by atoms with van der Waals surface area (Å²) in [7, 11) is -4.31. The second-order valence-electron chi connectivity index (χ2n) is 10.0. The number of anilines is 1. The largest absolute Gasteiger partial charge is 0.438 e. The number of carbonyl (C=O) groups excluding carboxylic acids is 1. The highest BCUT2D eigenvalue weighted by molar-refractivity contribution is 7.90. The summed E-state index contributed by atoms with van der Waals surface area (Å²) in [6, 6.07) is 18.7. The number of carbonyl (C=O) groups is 1. The number of aromatic nitrogens is 2. The highest BCUT2D eigenvalue weighted by Crippen LogP contribution is 2.33. The molecule has 0 radical (unpaired) electrons. The molecule has 0 saturated heterocycles. The summed E-state index contributed by atoms with van der Waals surface area (Å²) < 4.78 is 34.0. The average Bonchev–Trinajstić information content (AvgIpc) is 2.85. The Morgan fingerprint density at radius 3 is 2.15 bits per heavy atom. The number of benzene rings is 2. The van der Waals surface area contributed by atoms with Crippen LogP contribution >= 0.6 is 0 Å². The molecule has 5 N–H and O–H groups in total. The van der Waals surface area contributed by atoms with E-state index in [0.29, 0.717) is 11.4 Å². The van der Waals surface area contributed by atoms with E-state index >= 15 is 0 Å². The molecule has 0 aliphatic heterocycles. The number of nitrogens with two attached hydrogens (primary N) is 2. The third-order valence-electron chi connectivity index (χ3n) is 6.08. The third kappa shape index (κ3) is 6.24. The van der Waals surface area contributed by atoms with Gasteiger partial charge in [-0.15, -0.1) is 0 Å². The molecular formula is C29H31N5O4S. The number of aryl methyl sites for hydroxylation is 3. The number of amides is 1. The lowest BCUT2D eigenvalue weighted by molar-refractivity contribution is 0.0978. The average molecular weight is 546 g/mol. The first-order valence-corrected chi connectivity index (χ1v) is 13.7. The molecule has 4 rings (SSSR count). The summed E-state index contributed by atoms with van der Waals surface area (Å²) in [5.41, 5.74) is 16.3. The molecule has 9 nitrogen and oxygen atoms in total. The highest BCUT2D eigenvalue weighted by atomic mass is 32.2. The molecular weight excluding hydrogens is 514 g/mol. The van der Waals surface area contributed by atoms with Gasteiger partial charge in [-0.3, -0.25) is 4.79 Å². The Labute approximate surface area is 228 Å². The number of hydrogen-bond donors (Lipinski definition) is 3. The normalized spacial score (nSPS) is 11.7. The van der Waals surface area contributed by atoms with Crippen molar-refractivity contribution in [1.29, 1.82) is 0 Å². The van der Waals surface area contributed by atoms with Gasteiger partial charge in [0.15, 0.2) is 5.03 Å². The molecule has 4 aromatic rings. The predicted octanol–water partition coefficient (Wildman–Crippen LogP) is 4.76. The van der Waals surface area contributed by atoms with E-state index in [1.807, 2.05) is 75.7 Å². The Bertz CT molecular complexity index is 1640. The first kappa shape index (κ1) is 27.7. The minimum Gasteiger partial charge on any atom is -0.438 e. The van der Waals surface area contributed by atoms with E-state index in [4.69, 9.17) is 16.2 Å². The maximum absolute atomic E-state index is 13.3. The lowest BCUT2D eigenvalue weighted by Crippen LogP contribution is -2.31. The van der Waals surface area contributed by atoms with Crippen LogP contribution in [0.25, 0.3) is 11.3 Å². The quantitative estimate of drug-likeness (QED) is 0.301. The van der Waals surface area contributed by atoms with E-state index in [1.54, 1.807) is 6.07 Å². The minimum absolute atomic E-state index is 0.00901. The van der Waals surface area contributed by atoms with E-state index in [1.165, 1.54) is 24.3 Å². The first-order valence-electron chi connectivity index (χ1n) is 12.2. The van der Waals surface area contributed by atoms with Crippen LogP contribution in [0, 0.1) is 20.8 Å². The number of nitrogens with zero attached hydrogens (tertiary/aromatic N) is 2. The van der Waals surface area contributed by atoms with Crippen LogP contribution in [0.2, 0.25) is 0 Å². The molecule has 39 heavy (non-hydrogen) atoms. The smallest absolute Gasteiger partial charge is 0.281 e. The zero-order valence-corrected chi connectivity index (χ0v) is 23.3. The van der Waals surface area contributed by atoms with Crippen molar-refractivity contribution in [2.45, 2.75) is 45.2 Å². The summed E-state index contributed by atoms with van der Waals surface area (Å²) in [5.74, 6) is -0.426.